The Morgan fingerprint density at radius 3 is 2.41 bits per heavy atom. The van der Waals surface area contributed by atoms with Gasteiger partial charge in [-0.05, 0) is 60.2 Å². The fraction of sp³-hybridized carbons (Fsp3) is 0.281. The van der Waals surface area contributed by atoms with Crippen LogP contribution in [0.3, 0.4) is 0 Å². The Morgan fingerprint density at radius 1 is 0.927 bits per heavy atom. The minimum absolute atomic E-state index is 0.152. The number of pyridine rings is 1. The van der Waals surface area contributed by atoms with Gasteiger partial charge in [0.25, 0.3) is 5.91 Å². The van der Waals surface area contributed by atoms with E-state index in [9.17, 15) is 27.2 Å². The molecule has 3 aromatic carbocycles. The van der Waals surface area contributed by atoms with Gasteiger partial charge < -0.3 is 9.80 Å². The second-order valence-electron chi connectivity index (χ2n) is 10.3. The van der Waals surface area contributed by atoms with Crippen LogP contribution in [0.2, 0.25) is 0 Å². The van der Waals surface area contributed by atoms with Crippen LogP contribution >= 0.6 is 0 Å². The number of carbonyl (C=O) groups excluding carboxylic acids is 2. The molecule has 0 radical (unpaired) electrons. The predicted octanol–water partition coefficient (Wildman–Crippen LogP) is 6.51. The number of para-hydroxylation sites is 1. The summed E-state index contributed by atoms with van der Waals surface area (Å²) in [6, 6.07) is 23.2. The second kappa shape index (κ2) is 12.1. The van der Waals surface area contributed by atoms with Gasteiger partial charge in [-0.25, -0.2) is 4.39 Å². The number of amides is 2. The van der Waals surface area contributed by atoms with E-state index < -0.39 is 30.8 Å². The Bertz CT molecular complexity index is 1520. The van der Waals surface area contributed by atoms with Crippen molar-refractivity contribution in [3.05, 3.63) is 113 Å². The molecule has 0 unspecified atom stereocenters. The summed E-state index contributed by atoms with van der Waals surface area (Å²) in [6.07, 6.45) is -2.80. The molecule has 4 aromatic rings. The van der Waals surface area contributed by atoms with Crippen molar-refractivity contribution < 1.29 is 27.2 Å². The zero-order chi connectivity index (χ0) is 29.0. The number of piperidine rings is 1. The van der Waals surface area contributed by atoms with E-state index in [0.29, 0.717) is 34.0 Å². The molecule has 5 rings (SSSR count). The summed E-state index contributed by atoms with van der Waals surface area (Å²) in [4.78, 5) is 33.3. The van der Waals surface area contributed by atoms with Gasteiger partial charge in [-0.2, -0.15) is 13.2 Å². The van der Waals surface area contributed by atoms with Gasteiger partial charge in [0.05, 0.1) is 5.52 Å². The molecule has 2 amide bonds. The highest BCUT2D eigenvalue weighted by Crippen LogP contribution is 2.32. The summed E-state index contributed by atoms with van der Waals surface area (Å²) in [5.74, 6) is -2.22. The topological polar surface area (TPSA) is 53.5 Å². The first-order chi connectivity index (χ1) is 19.7. The number of hydrogen-bond donors (Lipinski definition) is 0. The molecule has 2 heterocycles. The van der Waals surface area contributed by atoms with Crippen molar-refractivity contribution in [1.82, 2.24) is 14.8 Å². The van der Waals surface area contributed by atoms with Crippen LogP contribution in [0.15, 0.2) is 91.1 Å². The molecule has 2 atom stereocenters. The third kappa shape index (κ3) is 6.39. The van der Waals surface area contributed by atoms with Crippen LogP contribution in [0.1, 0.15) is 39.9 Å². The molecule has 1 aromatic heterocycles. The Kier molecular flexibility index (Phi) is 8.33. The lowest BCUT2D eigenvalue weighted by molar-refractivity contribution is -0.189. The molecule has 1 aliphatic rings. The van der Waals surface area contributed by atoms with Gasteiger partial charge in [0.15, 0.2) is 0 Å². The molecular weight excluding hydrogens is 534 g/mol. The van der Waals surface area contributed by atoms with Crippen molar-refractivity contribution in [2.24, 2.45) is 0 Å². The first kappa shape index (κ1) is 28.3. The van der Waals surface area contributed by atoms with E-state index in [0.717, 1.165) is 10.5 Å². The van der Waals surface area contributed by atoms with Gasteiger partial charge in [-0.3, -0.25) is 14.6 Å². The number of rotatable bonds is 7. The smallest absolute Gasteiger partial charge is 0.335 e. The van der Waals surface area contributed by atoms with E-state index in [-0.39, 0.29) is 31.8 Å². The van der Waals surface area contributed by atoms with Crippen LogP contribution in [0, 0.1) is 0 Å². The average Bonchev–Trinajstić information content (AvgIpc) is 2.99. The number of likely N-dealkylation sites (tertiary alicyclic amines) is 1. The number of nitrogens with zero attached hydrogens (tertiary/aromatic N) is 3. The van der Waals surface area contributed by atoms with Crippen molar-refractivity contribution in [1.29, 1.82) is 0 Å². The zero-order valence-corrected chi connectivity index (χ0v) is 22.2. The lowest BCUT2D eigenvalue weighted by atomic mass is 9.90. The number of aromatic nitrogens is 1. The van der Waals surface area contributed by atoms with E-state index in [1.54, 1.807) is 53.4 Å². The predicted molar refractivity (Wildman–Crippen MR) is 148 cm³/mol. The molecule has 1 saturated heterocycles. The molecule has 1 fully saturated rings. The molecule has 0 spiro atoms. The van der Waals surface area contributed by atoms with Gasteiger partial charge in [-0.15, -0.1) is 0 Å². The Hall–Kier alpha value is -4.27. The average molecular weight is 564 g/mol. The van der Waals surface area contributed by atoms with E-state index in [1.165, 1.54) is 12.3 Å². The molecule has 0 bridgehead atoms. The molecule has 0 N–H and O–H groups in total. The van der Waals surface area contributed by atoms with Crippen molar-refractivity contribution >= 4 is 22.7 Å². The molecular formula is C32H29F4N3O2. The van der Waals surface area contributed by atoms with Crippen LogP contribution in [0.25, 0.3) is 10.9 Å². The van der Waals surface area contributed by atoms with E-state index in [4.69, 9.17) is 0 Å². The van der Waals surface area contributed by atoms with Crippen LogP contribution < -0.4 is 0 Å². The van der Waals surface area contributed by atoms with Crippen LogP contribution in [-0.2, 0) is 24.4 Å². The molecule has 0 aliphatic carbocycles. The van der Waals surface area contributed by atoms with E-state index >= 15 is 0 Å². The van der Waals surface area contributed by atoms with Gasteiger partial charge in [0.2, 0.25) is 0 Å². The van der Waals surface area contributed by atoms with Gasteiger partial charge >= 0.3 is 12.1 Å². The maximum atomic E-state index is 13.9. The minimum atomic E-state index is -5.06. The van der Waals surface area contributed by atoms with Crippen molar-refractivity contribution in [2.45, 2.75) is 50.7 Å². The zero-order valence-electron chi connectivity index (χ0n) is 22.2. The highest BCUT2D eigenvalue weighted by Gasteiger charge is 2.46. The summed E-state index contributed by atoms with van der Waals surface area (Å²) < 4.78 is 55.0. The van der Waals surface area contributed by atoms with Gasteiger partial charge in [-0.1, -0.05) is 60.7 Å². The molecule has 1 aliphatic heterocycles. The first-order valence-electron chi connectivity index (χ1n) is 13.4. The summed E-state index contributed by atoms with van der Waals surface area (Å²) in [6.45, 7) is -0.801. The highest BCUT2D eigenvalue weighted by molar-refractivity contribution is 5.94. The van der Waals surface area contributed by atoms with E-state index in [1.807, 2.05) is 30.3 Å². The number of halogens is 4. The lowest BCUT2D eigenvalue weighted by Crippen LogP contribution is -2.55. The van der Waals surface area contributed by atoms with E-state index in [2.05, 4.69) is 4.98 Å². The third-order valence-corrected chi connectivity index (χ3v) is 7.62. The SMILES string of the molecule is O=C(c1cccc(CF)c1)N1CC[C@H](N(Cc2ccnc3ccccc23)C(=O)C(F)(F)F)C[C@H]1Cc1ccccc1. The summed E-state index contributed by atoms with van der Waals surface area (Å²) in [7, 11) is 0. The first-order valence-corrected chi connectivity index (χ1v) is 13.4. The van der Waals surface area contributed by atoms with Crippen LogP contribution in [0.5, 0.6) is 0 Å². The minimum Gasteiger partial charge on any atom is -0.335 e. The lowest BCUT2D eigenvalue weighted by Gasteiger charge is -2.44. The molecule has 0 saturated carbocycles. The van der Waals surface area contributed by atoms with Crippen molar-refractivity contribution in [3.63, 3.8) is 0 Å². The third-order valence-electron chi connectivity index (χ3n) is 7.62. The summed E-state index contributed by atoms with van der Waals surface area (Å²) in [5, 5.41) is 0.677. The maximum absolute atomic E-state index is 13.9. The fourth-order valence-corrected chi connectivity index (χ4v) is 5.62. The quantitative estimate of drug-likeness (QED) is 0.241. The summed E-state index contributed by atoms with van der Waals surface area (Å²) in [5.41, 5.74) is 2.80. The Morgan fingerprint density at radius 2 is 1.66 bits per heavy atom. The largest absolute Gasteiger partial charge is 0.471 e. The number of benzene rings is 3. The number of alkyl halides is 4. The fourth-order valence-electron chi connectivity index (χ4n) is 5.62. The standard InChI is InChI=1S/C32H29F4N3O2/c33-20-23-9-6-10-24(17-23)30(40)38-16-14-26(19-27(38)18-22-7-2-1-3-8-22)39(31(41)32(34,35)36)21-25-13-15-37-29-12-5-4-11-28(25)29/h1-13,15,17,26-27H,14,16,18-21H2/t26-,27+/m0/s1. The normalized spacial score (nSPS) is 17.4. The molecule has 5 nitrogen and oxygen atoms in total. The second-order valence-corrected chi connectivity index (χ2v) is 10.3. The number of carbonyl (C=O) groups is 2. The van der Waals surface area contributed by atoms with Gasteiger partial charge in [0, 0.05) is 42.3 Å². The Labute approximate surface area is 235 Å². The monoisotopic (exact) mass is 563 g/mol. The highest BCUT2D eigenvalue weighted by atomic mass is 19.4. The van der Waals surface area contributed by atoms with Crippen LogP contribution in [0.4, 0.5) is 17.6 Å². The van der Waals surface area contributed by atoms with Crippen molar-refractivity contribution in [2.75, 3.05) is 6.54 Å². The number of hydrogen-bond acceptors (Lipinski definition) is 3. The molecule has 212 valence electrons. The molecule has 9 heteroatoms. The van der Waals surface area contributed by atoms with Crippen LogP contribution in [-0.4, -0.2) is 51.4 Å². The molecule has 41 heavy (non-hydrogen) atoms. The summed E-state index contributed by atoms with van der Waals surface area (Å²) >= 11 is 0. The Balaban J connectivity index is 1.48. The maximum Gasteiger partial charge on any atom is 0.471 e. The number of fused-ring (bicyclic) bond motifs is 1. The van der Waals surface area contributed by atoms with Gasteiger partial charge in [0.1, 0.15) is 6.67 Å². The van der Waals surface area contributed by atoms with Crippen molar-refractivity contribution in [3.8, 4) is 0 Å².